The Kier molecular flexibility index (Phi) is 5.17. The lowest BCUT2D eigenvalue weighted by atomic mass is 10.2. The van der Waals surface area contributed by atoms with Crippen molar-refractivity contribution in [3.05, 3.63) is 40.6 Å². The molecule has 1 aliphatic heterocycles. The zero-order valence-corrected chi connectivity index (χ0v) is 14.9. The average molecular weight is 357 g/mol. The minimum absolute atomic E-state index is 0.159. The Bertz CT molecular complexity index is 788. The number of nitrogens with one attached hydrogen (secondary N) is 1. The van der Waals surface area contributed by atoms with Crippen molar-refractivity contribution in [1.29, 1.82) is 0 Å². The molecule has 0 spiro atoms. The number of nitrogen functional groups attached to an aromatic ring is 1. The van der Waals surface area contributed by atoms with Gasteiger partial charge in [-0.25, -0.2) is 4.98 Å². The fourth-order valence-electron chi connectivity index (χ4n) is 3.00. The fourth-order valence-corrected chi connectivity index (χ4v) is 3.00. The van der Waals surface area contributed by atoms with Crippen molar-refractivity contribution in [2.24, 2.45) is 0 Å². The van der Waals surface area contributed by atoms with Crippen molar-refractivity contribution in [3.63, 3.8) is 0 Å². The van der Waals surface area contributed by atoms with E-state index in [1.54, 1.807) is 0 Å². The predicted molar refractivity (Wildman–Crippen MR) is 102 cm³/mol. The van der Waals surface area contributed by atoms with E-state index in [-0.39, 0.29) is 17.5 Å². The third kappa shape index (κ3) is 3.99. The summed E-state index contributed by atoms with van der Waals surface area (Å²) in [7, 11) is 0. The zero-order chi connectivity index (χ0) is 18.7. The van der Waals surface area contributed by atoms with Crippen LogP contribution in [0.3, 0.4) is 0 Å². The van der Waals surface area contributed by atoms with Gasteiger partial charge in [-0.2, -0.15) is 4.98 Å². The summed E-state index contributed by atoms with van der Waals surface area (Å²) in [5.74, 6) is 0.0725. The first-order valence-electron chi connectivity index (χ1n) is 8.57. The SMILES string of the molecule is CC(C)N1CCN(c2cccc(Nc3ncc([N+](=O)[O-])c(N)n3)c2)CC1. The van der Waals surface area contributed by atoms with Gasteiger partial charge in [0, 0.05) is 43.6 Å². The zero-order valence-electron chi connectivity index (χ0n) is 14.9. The van der Waals surface area contributed by atoms with Crippen molar-refractivity contribution in [3.8, 4) is 0 Å². The van der Waals surface area contributed by atoms with Gasteiger partial charge in [0.05, 0.1) is 4.92 Å². The molecule has 2 heterocycles. The van der Waals surface area contributed by atoms with E-state index < -0.39 is 4.92 Å². The molecule has 1 aliphatic rings. The monoisotopic (exact) mass is 357 g/mol. The molecule has 0 amide bonds. The van der Waals surface area contributed by atoms with E-state index in [0.717, 1.165) is 43.8 Å². The van der Waals surface area contributed by atoms with E-state index in [2.05, 4.69) is 45.0 Å². The molecule has 1 aromatic heterocycles. The molecule has 1 saturated heterocycles. The number of hydrogen-bond acceptors (Lipinski definition) is 8. The Morgan fingerprint density at radius 1 is 1.27 bits per heavy atom. The Hall–Kier alpha value is -2.94. The van der Waals surface area contributed by atoms with E-state index in [1.807, 2.05) is 18.2 Å². The summed E-state index contributed by atoms with van der Waals surface area (Å²) in [5.41, 5.74) is 7.24. The summed E-state index contributed by atoms with van der Waals surface area (Å²) < 4.78 is 0. The van der Waals surface area contributed by atoms with Gasteiger partial charge >= 0.3 is 5.69 Å². The number of hydrogen-bond donors (Lipinski definition) is 2. The maximum atomic E-state index is 10.8. The lowest BCUT2D eigenvalue weighted by Crippen LogP contribution is -2.48. The van der Waals surface area contributed by atoms with Crippen LogP contribution in [0.25, 0.3) is 0 Å². The summed E-state index contributed by atoms with van der Waals surface area (Å²) in [4.78, 5) is 22.9. The van der Waals surface area contributed by atoms with Crippen LogP contribution >= 0.6 is 0 Å². The molecule has 9 nitrogen and oxygen atoms in total. The van der Waals surface area contributed by atoms with Crippen LogP contribution in [0.4, 0.5) is 28.8 Å². The van der Waals surface area contributed by atoms with Crippen molar-refractivity contribution in [2.75, 3.05) is 42.1 Å². The first kappa shape index (κ1) is 17.9. The van der Waals surface area contributed by atoms with E-state index in [4.69, 9.17) is 5.73 Å². The second kappa shape index (κ2) is 7.52. The highest BCUT2D eigenvalue weighted by molar-refractivity contribution is 5.64. The number of aromatic nitrogens is 2. The molecule has 0 aliphatic carbocycles. The van der Waals surface area contributed by atoms with Crippen LogP contribution in [-0.4, -0.2) is 52.0 Å². The molecule has 26 heavy (non-hydrogen) atoms. The molecule has 0 bridgehead atoms. The van der Waals surface area contributed by atoms with Gasteiger partial charge in [0.2, 0.25) is 11.8 Å². The van der Waals surface area contributed by atoms with Crippen molar-refractivity contribution in [1.82, 2.24) is 14.9 Å². The molecular formula is C17H23N7O2. The van der Waals surface area contributed by atoms with Gasteiger partial charge in [0.25, 0.3) is 0 Å². The van der Waals surface area contributed by atoms with Crippen molar-refractivity contribution >= 4 is 28.8 Å². The molecule has 3 rings (SSSR count). The third-order valence-corrected chi connectivity index (χ3v) is 4.51. The first-order chi connectivity index (χ1) is 12.4. The molecular weight excluding hydrogens is 334 g/mol. The molecule has 3 N–H and O–H groups in total. The maximum Gasteiger partial charge on any atom is 0.329 e. The van der Waals surface area contributed by atoms with Gasteiger partial charge in [-0.3, -0.25) is 15.0 Å². The topological polar surface area (TPSA) is 113 Å². The highest BCUT2D eigenvalue weighted by Gasteiger charge is 2.19. The van der Waals surface area contributed by atoms with E-state index in [1.165, 1.54) is 0 Å². The van der Waals surface area contributed by atoms with Gasteiger partial charge in [-0.05, 0) is 32.0 Å². The Balaban J connectivity index is 1.70. The second-order valence-electron chi connectivity index (χ2n) is 6.51. The minimum atomic E-state index is -0.601. The smallest absolute Gasteiger partial charge is 0.329 e. The molecule has 1 aromatic carbocycles. The summed E-state index contributed by atoms with van der Waals surface area (Å²) in [6.07, 6.45) is 1.11. The molecule has 9 heteroatoms. The van der Waals surface area contributed by atoms with E-state index in [9.17, 15) is 10.1 Å². The summed E-state index contributed by atoms with van der Waals surface area (Å²) >= 11 is 0. The molecule has 0 saturated carbocycles. The van der Waals surface area contributed by atoms with Crippen LogP contribution in [0.15, 0.2) is 30.5 Å². The quantitative estimate of drug-likeness (QED) is 0.619. The molecule has 0 unspecified atom stereocenters. The first-order valence-corrected chi connectivity index (χ1v) is 8.57. The van der Waals surface area contributed by atoms with Gasteiger partial charge in [-0.1, -0.05) is 6.07 Å². The second-order valence-corrected chi connectivity index (χ2v) is 6.51. The molecule has 0 radical (unpaired) electrons. The summed E-state index contributed by atoms with van der Waals surface area (Å²) in [6.45, 7) is 8.46. The van der Waals surface area contributed by atoms with Crippen LogP contribution in [-0.2, 0) is 0 Å². The van der Waals surface area contributed by atoms with Gasteiger partial charge < -0.3 is 16.0 Å². The fraction of sp³-hybridized carbons (Fsp3) is 0.412. The van der Waals surface area contributed by atoms with E-state index in [0.29, 0.717) is 6.04 Å². The lowest BCUT2D eigenvalue weighted by molar-refractivity contribution is -0.384. The van der Waals surface area contributed by atoms with Crippen LogP contribution in [0.1, 0.15) is 13.8 Å². The maximum absolute atomic E-state index is 10.8. The number of piperazine rings is 1. The van der Waals surface area contributed by atoms with Crippen molar-refractivity contribution in [2.45, 2.75) is 19.9 Å². The molecule has 0 atom stereocenters. The van der Waals surface area contributed by atoms with Crippen LogP contribution in [0, 0.1) is 10.1 Å². The average Bonchev–Trinajstić information content (AvgIpc) is 2.62. The summed E-state index contributed by atoms with van der Waals surface area (Å²) in [6, 6.07) is 8.51. The number of benzene rings is 1. The number of nitrogens with two attached hydrogens (primary N) is 1. The number of anilines is 4. The normalized spacial score (nSPS) is 15.3. The number of nitrogens with zero attached hydrogens (tertiary/aromatic N) is 5. The highest BCUT2D eigenvalue weighted by atomic mass is 16.6. The number of rotatable bonds is 5. The summed E-state index contributed by atoms with van der Waals surface area (Å²) in [5, 5.41) is 13.8. The van der Waals surface area contributed by atoms with Crippen LogP contribution < -0.4 is 16.0 Å². The van der Waals surface area contributed by atoms with Gasteiger partial charge in [-0.15, -0.1) is 0 Å². The predicted octanol–water partition coefficient (Wildman–Crippen LogP) is 2.24. The van der Waals surface area contributed by atoms with E-state index >= 15 is 0 Å². The minimum Gasteiger partial charge on any atom is -0.378 e. The largest absolute Gasteiger partial charge is 0.378 e. The van der Waals surface area contributed by atoms with Gasteiger partial charge in [0.15, 0.2) is 0 Å². The number of nitro groups is 1. The van der Waals surface area contributed by atoms with Crippen LogP contribution in [0.2, 0.25) is 0 Å². The van der Waals surface area contributed by atoms with Crippen molar-refractivity contribution < 1.29 is 4.92 Å². The standard InChI is InChI=1S/C17H23N7O2/c1-12(2)22-6-8-23(9-7-22)14-5-3-4-13(10-14)20-17-19-11-15(24(25)26)16(18)21-17/h3-5,10-12H,6-9H2,1-2H3,(H3,18,19,20,21). The molecule has 138 valence electrons. The Morgan fingerprint density at radius 3 is 2.62 bits per heavy atom. The Morgan fingerprint density at radius 2 is 2.00 bits per heavy atom. The third-order valence-electron chi connectivity index (χ3n) is 4.51. The Labute approximate surface area is 152 Å². The highest BCUT2D eigenvalue weighted by Crippen LogP contribution is 2.24. The lowest BCUT2D eigenvalue weighted by Gasteiger charge is -2.38. The van der Waals surface area contributed by atoms with Crippen LogP contribution in [0.5, 0.6) is 0 Å². The van der Waals surface area contributed by atoms with Gasteiger partial charge in [0.1, 0.15) is 6.20 Å². The molecule has 2 aromatic rings. The molecule has 1 fully saturated rings.